The minimum Gasteiger partial charge on any atom is -0.398 e. The molecular formula is C18H14F17N. The molecule has 0 radical (unpaired) electrons. The van der Waals surface area contributed by atoms with Crippen molar-refractivity contribution in [1.82, 2.24) is 0 Å². The third kappa shape index (κ3) is 4.41. The van der Waals surface area contributed by atoms with E-state index in [1.165, 1.54) is 13.8 Å². The Bertz CT molecular complexity index is 938. The molecule has 0 atom stereocenters. The third-order valence-electron chi connectivity index (χ3n) is 5.17. The van der Waals surface area contributed by atoms with Gasteiger partial charge in [0.15, 0.2) is 0 Å². The second kappa shape index (κ2) is 8.70. The average molecular weight is 567 g/mol. The standard InChI is InChI=1S/C18H14F17N/c1-7-5-9(6-8(2)10(7)36)3-4-11(19,20)12(21,22)13(23,24)14(25,26)15(27,28)16(29,30)17(31,32)18(33,34)35/h5-6H,3-4,36H2,1-2H3. The van der Waals surface area contributed by atoms with E-state index < -0.39 is 60.5 Å². The van der Waals surface area contributed by atoms with Crippen molar-refractivity contribution < 1.29 is 74.6 Å². The summed E-state index contributed by atoms with van der Waals surface area (Å²) in [5.41, 5.74) is 5.60. The van der Waals surface area contributed by atoms with Crippen LogP contribution in [0.2, 0.25) is 0 Å². The van der Waals surface area contributed by atoms with Crippen LogP contribution in [-0.2, 0) is 6.42 Å². The molecule has 0 bridgehead atoms. The van der Waals surface area contributed by atoms with Gasteiger partial charge in [-0.3, -0.25) is 0 Å². The molecule has 0 saturated heterocycles. The number of halogens is 17. The summed E-state index contributed by atoms with van der Waals surface area (Å²) in [5, 5.41) is 0. The summed E-state index contributed by atoms with van der Waals surface area (Å²) in [6.45, 7) is 2.57. The summed E-state index contributed by atoms with van der Waals surface area (Å²) in [6.07, 6.45) is -11.6. The van der Waals surface area contributed by atoms with Gasteiger partial charge in [0.2, 0.25) is 0 Å². The third-order valence-corrected chi connectivity index (χ3v) is 5.17. The van der Waals surface area contributed by atoms with Crippen LogP contribution < -0.4 is 5.73 Å². The second-order valence-electron chi connectivity index (χ2n) is 7.79. The van der Waals surface area contributed by atoms with E-state index in [1.807, 2.05) is 0 Å². The Kier molecular flexibility index (Phi) is 7.70. The molecule has 0 amide bonds. The van der Waals surface area contributed by atoms with Crippen molar-refractivity contribution in [2.75, 3.05) is 5.73 Å². The number of alkyl halides is 17. The van der Waals surface area contributed by atoms with Crippen molar-refractivity contribution in [2.24, 2.45) is 0 Å². The van der Waals surface area contributed by atoms with E-state index >= 15 is 0 Å². The highest BCUT2D eigenvalue weighted by atomic mass is 19.4. The number of benzene rings is 1. The fourth-order valence-electron chi connectivity index (χ4n) is 2.86. The van der Waals surface area contributed by atoms with Crippen molar-refractivity contribution >= 4 is 5.69 Å². The molecule has 1 aromatic rings. The van der Waals surface area contributed by atoms with Crippen molar-refractivity contribution in [1.29, 1.82) is 0 Å². The molecule has 36 heavy (non-hydrogen) atoms. The molecule has 18 heteroatoms. The quantitative estimate of drug-likeness (QED) is 0.239. The van der Waals surface area contributed by atoms with Gasteiger partial charge in [0.05, 0.1) is 0 Å². The molecule has 1 rings (SSSR count). The monoisotopic (exact) mass is 567 g/mol. The summed E-state index contributed by atoms with van der Waals surface area (Å²) >= 11 is 0. The van der Waals surface area contributed by atoms with Gasteiger partial charge in [0.1, 0.15) is 0 Å². The van der Waals surface area contributed by atoms with Gasteiger partial charge in [0, 0.05) is 12.1 Å². The van der Waals surface area contributed by atoms with Gasteiger partial charge >= 0.3 is 47.6 Å². The molecule has 0 unspecified atom stereocenters. The number of hydrogen-bond donors (Lipinski definition) is 1. The Balaban J connectivity index is 3.48. The topological polar surface area (TPSA) is 26.0 Å². The molecule has 0 spiro atoms. The molecule has 210 valence electrons. The first-order chi connectivity index (χ1) is 15.5. The molecule has 0 aliphatic rings. The van der Waals surface area contributed by atoms with Crippen LogP contribution in [0.4, 0.5) is 80.3 Å². The molecular weight excluding hydrogens is 553 g/mol. The van der Waals surface area contributed by atoms with Gasteiger partial charge in [-0.1, -0.05) is 12.1 Å². The normalized spacial score (nSPS) is 15.4. The zero-order chi connectivity index (χ0) is 29.1. The van der Waals surface area contributed by atoms with Crippen molar-refractivity contribution in [3.8, 4) is 0 Å². The summed E-state index contributed by atoms with van der Waals surface area (Å²) in [4.78, 5) is 0. The minimum absolute atomic E-state index is 0.0841. The van der Waals surface area contributed by atoms with Gasteiger partial charge in [-0.2, -0.15) is 74.6 Å². The highest BCUT2D eigenvalue weighted by Gasteiger charge is 2.95. The second-order valence-corrected chi connectivity index (χ2v) is 7.79. The van der Waals surface area contributed by atoms with E-state index in [9.17, 15) is 74.6 Å². The fraction of sp³-hybridized carbons (Fsp3) is 0.667. The van der Waals surface area contributed by atoms with E-state index in [4.69, 9.17) is 5.73 Å². The van der Waals surface area contributed by atoms with Crippen LogP contribution in [0.5, 0.6) is 0 Å². The predicted octanol–water partition coefficient (Wildman–Crippen LogP) is 7.83. The first kappa shape index (κ1) is 31.9. The lowest BCUT2D eigenvalue weighted by Crippen LogP contribution is -2.74. The first-order valence-electron chi connectivity index (χ1n) is 9.11. The lowest BCUT2D eigenvalue weighted by molar-refractivity contribution is -0.461. The summed E-state index contributed by atoms with van der Waals surface area (Å²) in [7, 11) is 0. The molecule has 0 saturated carbocycles. The van der Waals surface area contributed by atoms with Gasteiger partial charge in [0.25, 0.3) is 0 Å². The molecule has 1 nitrogen and oxygen atoms in total. The number of anilines is 1. The van der Waals surface area contributed by atoms with Crippen LogP contribution in [0.25, 0.3) is 0 Å². The Morgan fingerprint density at radius 2 is 0.833 bits per heavy atom. The first-order valence-corrected chi connectivity index (χ1v) is 9.11. The molecule has 0 aliphatic heterocycles. The van der Waals surface area contributed by atoms with Gasteiger partial charge in [-0.25, -0.2) is 0 Å². The summed E-state index contributed by atoms with van der Waals surface area (Å²) in [5.74, 6) is -56.2. The van der Waals surface area contributed by atoms with Crippen molar-refractivity contribution in [2.45, 2.75) is 74.3 Å². The maximum absolute atomic E-state index is 14.0. The lowest BCUT2D eigenvalue weighted by Gasteiger charge is -2.42. The van der Waals surface area contributed by atoms with Crippen LogP contribution in [0.1, 0.15) is 23.1 Å². The van der Waals surface area contributed by atoms with Crippen LogP contribution in [0.15, 0.2) is 12.1 Å². The Morgan fingerprint density at radius 3 is 1.17 bits per heavy atom. The van der Waals surface area contributed by atoms with E-state index in [0.717, 1.165) is 12.1 Å². The van der Waals surface area contributed by atoms with Crippen molar-refractivity contribution in [3.63, 3.8) is 0 Å². The van der Waals surface area contributed by atoms with Crippen LogP contribution >= 0.6 is 0 Å². The van der Waals surface area contributed by atoms with Crippen LogP contribution in [0.3, 0.4) is 0 Å². The maximum atomic E-state index is 14.0. The molecule has 0 fully saturated rings. The van der Waals surface area contributed by atoms with Gasteiger partial charge < -0.3 is 5.73 Å². The Labute approximate surface area is 190 Å². The van der Waals surface area contributed by atoms with Crippen LogP contribution in [-0.4, -0.2) is 47.6 Å². The molecule has 0 aliphatic carbocycles. The largest absolute Gasteiger partial charge is 0.460 e. The molecule has 0 heterocycles. The summed E-state index contributed by atoms with van der Waals surface area (Å²) in [6, 6.07) is 1.94. The summed E-state index contributed by atoms with van der Waals surface area (Å²) < 4.78 is 225. The lowest BCUT2D eigenvalue weighted by atomic mass is 9.87. The Morgan fingerprint density at radius 1 is 0.528 bits per heavy atom. The SMILES string of the molecule is Cc1cc(CCC(F)(F)C(F)(F)C(F)(F)C(F)(F)C(F)(F)C(F)(F)C(F)(F)C(F)(F)F)cc(C)c1N. The molecule has 1 aromatic carbocycles. The van der Waals surface area contributed by atoms with Crippen molar-refractivity contribution in [3.05, 3.63) is 28.8 Å². The number of nitrogens with two attached hydrogens (primary N) is 1. The molecule has 0 aromatic heterocycles. The average Bonchev–Trinajstić information content (AvgIpc) is 2.68. The van der Waals surface area contributed by atoms with E-state index in [0.29, 0.717) is 0 Å². The van der Waals surface area contributed by atoms with E-state index in [1.54, 1.807) is 0 Å². The highest BCUT2D eigenvalue weighted by molar-refractivity contribution is 5.54. The zero-order valence-corrected chi connectivity index (χ0v) is 17.6. The maximum Gasteiger partial charge on any atom is 0.460 e. The van der Waals surface area contributed by atoms with Crippen LogP contribution in [0, 0.1) is 13.8 Å². The Hall–Kier alpha value is -2.17. The smallest absolute Gasteiger partial charge is 0.398 e. The van der Waals surface area contributed by atoms with E-state index in [-0.39, 0.29) is 22.4 Å². The number of nitrogen functional groups attached to an aromatic ring is 1. The fourth-order valence-corrected chi connectivity index (χ4v) is 2.86. The number of rotatable bonds is 9. The predicted molar refractivity (Wildman–Crippen MR) is 89.3 cm³/mol. The van der Waals surface area contributed by atoms with E-state index in [2.05, 4.69) is 0 Å². The minimum atomic E-state index is -8.62. The number of aryl methyl sites for hydroxylation is 3. The highest BCUT2D eigenvalue weighted by Crippen LogP contribution is 2.64. The zero-order valence-electron chi connectivity index (χ0n) is 17.6. The number of hydrogen-bond acceptors (Lipinski definition) is 1. The van der Waals surface area contributed by atoms with Gasteiger partial charge in [-0.15, -0.1) is 0 Å². The molecule has 2 N–H and O–H groups in total. The van der Waals surface area contributed by atoms with Gasteiger partial charge in [-0.05, 0) is 37.0 Å².